The summed E-state index contributed by atoms with van der Waals surface area (Å²) in [5, 5.41) is 10.3. The normalized spacial score (nSPS) is 13.1. The predicted octanol–water partition coefficient (Wildman–Crippen LogP) is 3.83. The zero-order valence-electron chi connectivity index (χ0n) is 19.3. The van der Waals surface area contributed by atoms with E-state index >= 15 is 0 Å². The maximum Gasteiger partial charge on any atom is 0.222 e. The molecule has 2 rings (SSSR count). The van der Waals surface area contributed by atoms with E-state index in [2.05, 4.69) is 0 Å². The number of aliphatic hydroxyl groups excluding tert-OH is 1. The molecule has 0 aliphatic carbocycles. The van der Waals surface area contributed by atoms with Crippen molar-refractivity contribution in [2.45, 2.75) is 32.2 Å². The highest BCUT2D eigenvalue weighted by Gasteiger charge is 2.14. The number of ether oxygens (including phenoxy) is 3. The zero-order valence-corrected chi connectivity index (χ0v) is 19.3. The van der Waals surface area contributed by atoms with E-state index in [0.717, 1.165) is 16.9 Å². The van der Waals surface area contributed by atoms with Crippen molar-refractivity contribution in [2.75, 3.05) is 34.4 Å². The first-order valence-electron chi connectivity index (χ1n) is 10.9. The van der Waals surface area contributed by atoms with Crippen molar-refractivity contribution < 1.29 is 24.1 Å². The smallest absolute Gasteiger partial charge is 0.222 e. The average molecular weight is 442 g/mol. The molecule has 0 radical (unpaired) electrons. The van der Waals surface area contributed by atoms with Gasteiger partial charge in [0.15, 0.2) is 0 Å². The van der Waals surface area contributed by atoms with Crippen molar-refractivity contribution in [2.24, 2.45) is 5.92 Å². The molecule has 0 heterocycles. The molecule has 0 saturated carbocycles. The molecule has 0 unspecified atom stereocenters. The monoisotopic (exact) mass is 441 g/mol. The summed E-state index contributed by atoms with van der Waals surface area (Å²) < 4.78 is 16.6. The van der Waals surface area contributed by atoms with E-state index in [0.29, 0.717) is 39.3 Å². The lowest BCUT2D eigenvalue weighted by molar-refractivity contribution is -0.129. The summed E-state index contributed by atoms with van der Waals surface area (Å²) in [6.45, 7) is 1.81. The van der Waals surface area contributed by atoms with Crippen molar-refractivity contribution >= 4 is 5.91 Å². The fourth-order valence-electron chi connectivity index (χ4n) is 2.99. The minimum atomic E-state index is -0.642. The molecular weight excluding hydrogens is 406 g/mol. The van der Waals surface area contributed by atoms with Gasteiger partial charge in [0, 0.05) is 39.5 Å². The van der Waals surface area contributed by atoms with Gasteiger partial charge in [0.2, 0.25) is 5.91 Å². The second-order valence-corrected chi connectivity index (χ2v) is 7.89. The summed E-state index contributed by atoms with van der Waals surface area (Å²) in [5.74, 6) is 0.730. The molecule has 1 N–H and O–H groups in total. The topological polar surface area (TPSA) is 68.2 Å². The summed E-state index contributed by atoms with van der Waals surface area (Å²) in [6.07, 6.45) is 3.78. The van der Waals surface area contributed by atoms with Gasteiger partial charge in [-0.25, -0.2) is 0 Å². The molecule has 0 fully saturated rings. The number of nitrogens with zero attached hydrogens (tertiary/aromatic N) is 1. The molecule has 0 saturated heterocycles. The Labute approximate surface area is 191 Å². The van der Waals surface area contributed by atoms with Crippen LogP contribution in [-0.4, -0.2) is 56.4 Å². The van der Waals surface area contributed by atoms with E-state index in [1.165, 1.54) is 0 Å². The molecule has 0 spiro atoms. The van der Waals surface area contributed by atoms with Crippen LogP contribution in [0.15, 0.2) is 66.7 Å². The van der Waals surface area contributed by atoms with Gasteiger partial charge < -0.3 is 24.2 Å². The summed E-state index contributed by atoms with van der Waals surface area (Å²) in [5.41, 5.74) is 2.14. The van der Waals surface area contributed by atoms with Crippen LogP contribution in [-0.2, 0) is 27.5 Å². The van der Waals surface area contributed by atoms with Crippen LogP contribution in [0.2, 0.25) is 0 Å². The molecule has 0 aliphatic rings. The summed E-state index contributed by atoms with van der Waals surface area (Å²) in [7, 11) is 5.11. The Kier molecular flexibility index (Phi) is 11.5. The van der Waals surface area contributed by atoms with Gasteiger partial charge >= 0.3 is 0 Å². The van der Waals surface area contributed by atoms with Gasteiger partial charge in [0.25, 0.3) is 0 Å². The van der Waals surface area contributed by atoms with Crippen molar-refractivity contribution in [3.63, 3.8) is 0 Å². The first-order valence-corrected chi connectivity index (χ1v) is 10.9. The van der Waals surface area contributed by atoms with Gasteiger partial charge in [-0.05, 0) is 23.3 Å². The Morgan fingerprint density at radius 2 is 1.62 bits per heavy atom. The van der Waals surface area contributed by atoms with E-state index in [-0.39, 0.29) is 11.8 Å². The molecule has 2 aromatic rings. The minimum absolute atomic E-state index is 0.0280. The van der Waals surface area contributed by atoms with Crippen molar-refractivity contribution in [3.05, 3.63) is 77.9 Å². The number of rotatable bonds is 14. The predicted molar refractivity (Wildman–Crippen MR) is 125 cm³/mol. The Morgan fingerprint density at radius 3 is 2.28 bits per heavy atom. The Morgan fingerprint density at radius 1 is 0.969 bits per heavy atom. The largest absolute Gasteiger partial charge is 0.497 e. The number of amides is 1. The van der Waals surface area contributed by atoms with E-state index in [1.54, 1.807) is 32.2 Å². The molecule has 174 valence electrons. The van der Waals surface area contributed by atoms with Crippen LogP contribution in [0.4, 0.5) is 0 Å². The summed E-state index contributed by atoms with van der Waals surface area (Å²) in [4.78, 5) is 13.7. The van der Waals surface area contributed by atoms with Crippen LogP contribution in [0.3, 0.4) is 0 Å². The fraction of sp³-hybridized carbons (Fsp3) is 0.423. The van der Waals surface area contributed by atoms with Gasteiger partial charge in [0.05, 0.1) is 33.0 Å². The minimum Gasteiger partial charge on any atom is -0.497 e. The number of methoxy groups -OCH3 is 1. The SMILES string of the molecule is COc1ccc(COCC[C@@H](O)C=C[C@@H](COCc2ccccc2)CC(=O)N(C)C)cc1. The summed E-state index contributed by atoms with van der Waals surface area (Å²) >= 11 is 0. The molecule has 2 aromatic carbocycles. The van der Waals surface area contributed by atoms with Crippen LogP contribution in [0.5, 0.6) is 5.75 Å². The van der Waals surface area contributed by atoms with Gasteiger partial charge in [0.1, 0.15) is 5.75 Å². The zero-order chi connectivity index (χ0) is 23.2. The number of hydrogen-bond donors (Lipinski definition) is 1. The lowest BCUT2D eigenvalue weighted by Gasteiger charge is -2.17. The van der Waals surface area contributed by atoms with E-state index in [4.69, 9.17) is 14.2 Å². The van der Waals surface area contributed by atoms with E-state index in [1.807, 2.05) is 60.7 Å². The highest BCUT2D eigenvalue weighted by molar-refractivity contribution is 5.76. The first-order chi connectivity index (χ1) is 15.5. The highest BCUT2D eigenvalue weighted by atomic mass is 16.5. The van der Waals surface area contributed by atoms with Crippen molar-refractivity contribution in [3.8, 4) is 5.75 Å². The molecule has 0 aromatic heterocycles. The molecule has 2 atom stereocenters. The average Bonchev–Trinajstić information content (AvgIpc) is 2.81. The van der Waals surface area contributed by atoms with Crippen LogP contribution in [0, 0.1) is 5.92 Å². The number of carbonyl (C=O) groups excluding carboxylic acids is 1. The lowest BCUT2D eigenvalue weighted by atomic mass is 10.0. The van der Waals surface area contributed by atoms with Gasteiger partial charge in [-0.1, -0.05) is 54.6 Å². The van der Waals surface area contributed by atoms with Crippen LogP contribution < -0.4 is 4.74 Å². The second-order valence-electron chi connectivity index (χ2n) is 7.89. The van der Waals surface area contributed by atoms with Gasteiger partial charge in [-0.3, -0.25) is 4.79 Å². The Balaban J connectivity index is 1.76. The van der Waals surface area contributed by atoms with Crippen LogP contribution in [0.1, 0.15) is 24.0 Å². The molecule has 0 aliphatic heterocycles. The number of aliphatic hydroxyl groups is 1. The molecule has 32 heavy (non-hydrogen) atoms. The standard InChI is InChI=1S/C26H35NO5/c1-27(2)26(29)17-23(20-32-19-21-7-5-4-6-8-21)9-12-24(28)15-16-31-18-22-10-13-25(30-3)14-11-22/h4-14,23-24,28H,15-20H2,1-3H3/t23-,24+/m1/s1. The quantitative estimate of drug-likeness (QED) is 0.356. The fourth-order valence-corrected chi connectivity index (χ4v) is 2.99. The number of carbonyl (C=O) groups is 1. The van der Waals surface area contributed by atoms with Crippen LogP contribution in [0.25, 0.3) is 0 Å². The highest BCUT2D eigenvalue weighted by Crippen LogP contribution is 2.13. The second kappa shape index (κ2) is 14.4. The molecular formula is C26H35NO5. The lowest BCUT2D eigenvalue weighted by Crippen LogP contribution is -2.25. The molecule has 6 heteroatoms. The third kappa shape index (κ3) is 10.1. The van der Waals surface area contributed by atoms with E-state index < -0.39 is 6.10 Å². The Hall–Kier alpha value is -2.67. The maximum absolute atomic E-state index is 12.2. The molecule has 1 amide bonds. The Bertz CT molecular complexity index is 805. The third-order valence-electron chi connectivity index (χ3n) is 4.97. The molecule has 0 bridgehead atoms. The van der Waals surface area contributed by atoms with Crippen molar-refractivity contribution in [1.82, 2.24) is 4.90 Å². The third-order valence-corrected chi connectivity index (χ3v) is 4.97. The summed E-state index contributed by atoms with van der Waals surface area (Å²) in [6, 6.07) is 17.6. The number of benzene rings is 2. The number of hydrogen-bond acceptors (Lipinski definition) is 5. The molecule has 6 nitrogen and oxygen atoms in total. The van der Waals surface area contributed by atoms with E-state index in [9.17, 15) is 9.90 Å². The first kappa shape index (κ1) is 25.6. The maximum atomic E-state index is 12.2. The van der Waals surface area contributed by atoms with Crippen molar-refractivity contribution in [1.29, 1.82) is 0 Å². The van der Waals surface area contributed by atoms with Gasteiger partial charge in [-0.15, -0.1) is 0 Å². The van der Waals surface area contributed by atoms with Gasteiger partial charge in [-0.2, -0.15) is 0 Å². The van der Waals surface area contributed by atoms with Crippen LogP contribution >= 0.6 is 0 Å².